The van der Waals surface area contributed by atoms with E-state index in [1.165, 1.54) is 121 Å². The molecule has 2 aromatic rings. The van der Waals surface area contributed by atoms with E-state index in [1.807, 2.05) is 0 Å². The van der Waals surface area contributed by atoms with Crippen molar-refractivity contribution in [1.29, 1.82) is 0 Å². The zero-order chi connectivity index (χ0) is 35.8. The molecule has 6 heteroatoms. The molecule has 270 valence electrons. The second-order valence-electron chi connectivity index (χ2n) is 17.8. The zero-order valence-electron chi connectivity index (χ0n) is 33.5. The van der Waals surface area contributed by atoms with Crippen molar-refractivity contribution in [2.24, 2.45) is 0 Å². The van der Waals surface area contributed by atoms with Crippen LogP contribution in [0.4, 0.5) is 0 Å². The Balaban J connectivity index is 1.62. The highest BCUT2D eigenvalue weighted by molar-refractivity contribution is 6.63. The molecule has 2 aliphatic heterocycles. The summed E-state index contributed by atoms with van der Waals surface area (Å²) in [4.78, 5) is 0. The number of fused-ring (bicyclic) bond motifs is 3. The molecule has 0 unspecified atom stereocenters. The summed E-state index contributed by atoms with van der Waals surface area (Å²) < 4.78 is 26.8. The highest BCUT2D eigenvalue weighted by Crippen LogP contribution is 2.55. The van der Waals surface area contributed by atoms with Gasteiger partial charge in [-0.1, -0.05) is 126 Å². The van der Waals surface area contributed by atoms with Crippen molar-refractivity contribution < 1.29 is 18.6 Å². The van der Waals surface area contributed by atoms with Crippen molar-refractivity contribution in [2.45, 2.75) is 201 Å². The highest BCUT2D eigenvalue weighted by Gasteiger charge is 2.54. The molecule has 5 rings (SSSR count). The van der Waals surface area contributed by atoms with E-state index in [0.717, 1.165) is 12.8 Å². The van der Waals surface area contributed by atoms with Crippen LogP contribution in [-0.4, -0.2) is 36.6 Å². The Kier molecular flexibility index (Phi) is 11.7. The van der Waals surface area contributed by atoms with Crippen LogP contribution in [-0.2, 0) is 24.0 Å². The first-order valence-electron chi connectivity index (χ1n) is 20.0. The van der Waals surface area contributed by atoms with Crippen molar-refractivity contribution >= 4 is 25.2 Å². The fourth-order valence-electron chi connectivity index (χ4n) is 8.36. The highest BCUT2D eigenvalue weighted by atomic mass is 16.7. The molecule has 2 aromatic carbocycles. The summed E-state index contributed by atoms with van der Waals surface area (Å²) in [6, 6.07) is 9.91. The first kappa shape index (κ1) is 38.6. The fourth-order valence-corrected chi connectivity index (χ4v) is 8.36. The van der Waals surface area contributed by atoms with Crippen molar-refractivity contribution in [2.75, 3.05) is 0 Å². The molecule has 2 fully saturated rings. The molecule has 49 heavy (non-hydrogen) atoms. The number of hydrogen-bond acceptors (Lipinski definition) is 4. The molecule has 0 spiro atoms. The van der Waals surface area contributed by atoms with Gasteiger partial charge < -0.3 is 18.6 Å². The predicted octanol–water partition coefficient (Wildman–Crippen LogP) is 10.7. The maximum Gasteiger partial charge on any atom is 0.495 e. The van der Waals surface area contributed by atoms with E-state index in [-0.39, 0.29) is 42.1 Å². The molecule has 0 bridgehead atoms. The van der Waals surface area contributed by atoms with Crippen LogP contribution in [0.5, 0.6) is 0 Å². The first-order chi connectivity index (χ1) is 23.0. The molecule has 0 N–H and O–H groups in total. The van der Waals surface area contributed by atoms with Gasteiger partial charge in [-0.25, -0.2) is 0 Å². The van der Waals surface area contributed by atoms with E-state index in [2.05, 4.69) is 107 Å². The van der Waals surface area contributed by atoms with E-state index >= 15 is 0 Å². The van der Waals surface area contributed by atoms with Crippen molar-refractivity contribution in [3.05, 3.63) is 46.5 Å². The lowest BCUT2D eigenvalue weighted by Crippen LogP contribution is -2.41. The zero-order valence-corrected chi connectivity index (χ0v) is 33.5. The van der Waals surface area contributed by atoms with Crippen LogP contribution in [0.1, 0.15) is 181 Å². The van der Waals surface area contributed by atoms with Crippen molar-refractivity contribution in [3.63, 3.8) is 0 Å². The van der Waals surface area contributed by atoms with E-state index in [4.69, 9.17) is 18.6 Å². The van der Waals surface area contributed by atoms with Gasteiger partial charge in [0, 0.05) is 5.41 Å². The largest absolute Gasteiger partial charge is 0.495 e. The molecule has 0 atom stereocenters. The fraction of sp³-hybridized carbons (Fsp3) is 0.721. The topological polar surface area (TPSA) is 36.9 Å². The minimum Gasteiger partial charge on any atom is -0.399 e. The summed E-state index contributed by atoms with van der Waals surface area (Å²) in [5, 5.41) is 0. The van der Waals surface area contributed by atoms with Crippen molar-refractivity contribution in [1.82, 2.24) is 0 Å². The van der Waals surface area contributed by atoms with Gasteiger partial charge in [0.05, 0.1) is 22.4 Å². The lowest BCUT2D eigenvalue weighted by atomic mass is 9.66. The normalized spacial score (nSPS) is 21.0. The molecule has 4 nitrogen and oxygen atoms in total. The standard InChI is InChI=1S/C43H68B2O4/c1-13-15-17-19-21-23-25-43(26-24-22-20-18-16-14-2)35-29-37(44-46-39(5,6)40(7,8)47-44)31(3)27-33(35)34-28-32(4)38(30-36(34)43)45-48-41(9,10)42(11,12)49-45/h27-30H,13-26H2,1-12H3. The number of aryl methyl sites for hydroxylation is 2. The van der Waals surface area contributed by atoms with Crippen LogP contribution >= 0.6 is 0 Å². The Labute approximate surface area is 301 Å². The second-order valence-corrected chi connectivity index (χ2v) is 17.8. The Morgan fingerprint density at radius 2 is 0.755 bits per heavy atom. The first-order valence-corrected chi connectivity index (χ1v) is 20.0. The van der Waals surface area contributed by atoms with E-state index in [9.17, 15) is 0 Å². The van der Waals surface area contributed by atoms with Crippen molar-refractivity contribution in [3.8, 4) is 11.1 Å². The molecular formula is C43H68B2O4. The molecule has 2 saturated heterocycles. The van der Waals surface area contributed by atoms with Gasteiger partial charge in [-0.3, -0.25) is 0 Å². The third kappa shape index (κ3) is 7.51. The summed E-state index contributed by atoms with van der Waals surface area (Å²) in [6.07, 6.45) is 17.9. The quantitative estimate of drug-likeness (QED) is 0.132. The van der Waals surface area contributed by atoms with E-state index in [1.54, 1.807) is 0 Å². The smallest absolute Gasteiger partial charge is 0.399 e. The maximum absolute atomic E-state index is 6.70. The lowest BCUT2D eigenvalue weighted by molar-refractivity contribution is 0.00578. The van der Waals surface area contributed by atoms with Gasteiger partial charge in [0.2, 0.25) is 0 Å². The minimum atomic E-state index is -0.380. The molecule has 3 aliphatic rings. The number of benzene rings is 2. The summed E-state index contributed by atoms with van der Waals surface area (Å²) >= 11 is 0. The third-order valence-corrected chi connectivity index (χ3v) is 13.1. The summed E-state index contributed by atoms with van der Waals surface area (Å²) in [5.41, 5.74) is 9.01. The van der Waals surface area contributed by atoms with Crippen LogP contribution in [0.15, 0.2) is 24.3 Å². The molecule has 2 heterocycles. The van der Waals surface area contributed by atoms with Gasteiger partial charge in [-0.15, -0.1) is 0 Å². The third-order valence-electron chi connectivity index (χ3n) is 13.1. The van der Waals surface area contributed by atoms with E-state index in [0.29, 0.717) is 0 Å². The molecule has 0 amide bonds. The molecular weight excluding hydrogens is 602 g/mol. The summed E-state index contributed by atoms with van der Waals surface area (Å²) in [6.45, 7) is 26.4. The van der Waals surface area contributed by atoms with Gasteiger partial charge in [0.1, 0.15) is 0 Å². The Hall–Kier alpha value is -1.59. The summed E-state index contributed by atoms with van der Waals surface area (Å²) in [7, 11) is -0.747. The number of hydrogen-bond donors (Lipinski definition) is 0. The molecule has 0 saturated carbocycles. The molecule has 1 aliphatic carbocycles. The molecule has 0 aromatic heterocycles. The van der Waals surface area contributed by atoms with Gasteiger partial charge in [-0.05, 0) is 115 Å². The lowest BCUT2D eigenvalue weighted by Gasteiger charge is -2.34. The van der Waals surface area contributed by atoms with Crippen LogP contribution in [0, 0.1) is 13.8 Å². The second kappa shape index (κ2) is 14.8. The average Bonchev–Trinajstić information content (AvgIpc) is 3.49. The maximum atomic E-state index is 6.70. The van der Waals surface area contributed by atoms with Gasteiger partial charge >= 0.3 is 14.2 Å². The predicted molar refractivity (Wildman–Crippen MR) is 210 cm³/mol. The average molecular weight is 671 g/mol. The number of rotatable bonds is 16. The van der Waals surface area contributed by atoms with Crippen LogP contribution in [0.2, 0.25) is 0 Å². The van der Waals surface area contributed by atoms with Crippen LogP contribution in [0.3, 0.4) is 0 Å². The monoisotopic (exact) mass is 671 g/mol. The SMILES string of the molecule is CCCCCCCCC1(CCCCCCCC)c2cc(B3OC(C)(C)C(C)(C)O3)c(C)cc2-c2cc(C)c(B3OC(C)(C)C(C)(C)O3)cc21. The van der Waals surface area contributed by atoms with Gasteiger partial charge in [0.25, 0.3) is 0 Å². The Bertz CT molecular complexity index is 1320. The van der Waals surface area contributed by atoms with Crippen LogP contribution < -0.4 is 10.9 Å². The number of unbranched alkanes of at least 4 members (excludes halogenated alkanes) is 10. The Morgan fingerprint density at radius 1 is 0.449 bits per heavy atom. The van der Waals surface area contributed by atoms with Gasteiger partial charge in [-0.2, -0.15) is 0 Å². The summed E-state index contributed by atoms with van der Waals surface area (Å²) in [5.74, 6) is 0. The van der Waals surface area contributed by atoms with Gasteiger partial charge in [0.15, 0.2) is 0 Å². The minimum absolute atomic E-state index is 0.0711. The van der Waals surface area contributed by atoms with Crippen LogP contribution in [0.25, 0.3) is 11.1 Å². The Morgan fingerprint density at radius 3 is 1.08 bits per heavy atom. The molecule has 0 radical (unpaired) electrons. The van der Waals surface area contributed by atoms with E-state index < -0.39 is 0 Å².